The number of benzene rings is 1. The van der Waals surface area contributed by atoms with Crippen molar-refractivity contribution in [3.8, 4) is 0 Å². The Kier molecular flexibility index (Phi) is 5.95. The van der Waals surface area contributed by atoms with Crippen molar-refractivity contribution in [1.82, 2.24) is 10.0 Å². The second kappa shape index (κ2) is 7.94. The zero-order valence-corrected chi connectivity index (χ0v) is 13.7. The van der Waals surface area contributed by atoms with E-state index in [1.165, 1.54) is 12.3 Å². The third kappa shape index (κ3) is 4.94. The maximum absolute atomic E-state index is 12.1. The molecule has 6 nitrogen and oxygen atoms in total. The molecular weight excluding hydrogens is 316 g/mol. The van der Waals surface area contributed by atoms with E-state index in [1.54, 1.807) is 18.2 Å². The number of carbonyl (C=O) groups is 1. The second-order valence-corrected chi connectivity index (χ2v) is 6.79. The Morgan fingerprint density at radius 2 is 1.87 bits per heavy atom. The van der Waals surface area contributed by atoms with Crippen LogP contribution in [0.15, 0.2) is 52.0 Å². The van der Waals surface area contributed by atoms with Gasteiger partial charge in [0.05, 0.1) is 11.2 Å². The lowest BCUT2D eigenvalue weighted by atomic mass is 10.1. The van der Waals surface area contributed by atoms with E-state index in [4.69, 9.17) is 4.42 Å². The molecule has 0 bridgehead atoms. The quantitative estimate of drug-likeness (QED) is 0.721. The molecule has 0 aliphatic carbocycles. The number of amides is 1. The lowest BCUT2D eigenvalue weighted by Gasteiger charge is -2.08. The summed E-state index contributed by atoms with van der Waals surface area (Å²) < 4.78 is 31.7. The smallest absolute Gasteiger partial charge is 0.287 e. The van der Waals surface area contributed by atoms with Crippen molar-refractivity contribution < 1.29 is 17.6 Å². The number of hydrogen-bond acceptors (Lipinski definition) is 4. The van der Waals surface area contributed by atoms with Crippen LogP contribution in [-0.2, 0) is 16.4 Å². The maximum Gasteiger partial charge on any atom is 0.287 e. The molecular formula is C16H20N2O4S. The molecule has 0 aliphatic heterocycles. The van der Waals surface area contributed by atoms with Crippen LogP contribution < -0.4 is 10.0 Å². The van der Waals surface area contributed by atoms with Crippen molar-refractivity contribution in [3.05, 3.63) is 54.0 Å². The summed E-state index contributed by atoms with van der Waals surface area (Å²) >= 11 is 0. The Morgan fingerprint density at radius 3 is 2.48 bits per heavy atom. The van der Waals surface area contributed by atoms with E-state index in [1.807, 2.05) is 12.1 Å². The molecule has 0 fully saturated rings. The van der Waals surface area contributed by atoms with Gasteiger partial charge < -0.3 is 9.73 Å². The molecule has 23 heavy (non-hydrogen) atoms. The lowest BCUT2D eigenvalue weighted by Crippen LogP contribution is -2.34. The Morgan fingerprint density at radius 1 is 1.13 bits per heavy atom. The van der Waals surface area contributed by atoms with Crippen LogP contribution in [0.2, 0.25) is 0 Å². The number of sulfonamides is 1. The molecule has 1 aromatic carbocycles. The first-order chi connectivity index (χ1) is 11.0. The average molecular weight is 336 g/mol. The fraction of sp³-hybridized carbons (Fsp3) is 0.312. The minimum Gasteiger partial charge on any atom is -0.459 e. The molecule has 1 heterocycles. The number of carbonyl (C=O) groups excluding carboxylic acids is 1. The molecule has 124 valence electrons. The van der Waals surface area contributed by atoms with Crippen LogP contribution in [0.25, 0.3) is 0 Å². The number of aryl methyl sites for hydroxylation is 1. The first kappa shape index (κ1) is 17.2. The standard InChI is InChI=1S/C16H20N2O4S/c1-2-4-13-6-8-14(9-7-13)23(20,21)18-11-10-17-16(19)15-5-3-12-22-15/h3,5-9,12,18H,2,4,10-11H2,1H3,(H,17,19). The number of rotatable bonds is 8. The molecule has 0 aliphatic rings. The van der Waals surface area contributed by atoms with Crippen molar-refractivity contribution in [2.75, 3.05) is 13.1 Å². The number of nitrogens with one attached hydrogen (secondary N) is 2. The van der Waals surface area contributed by atoms with E-state index in [9.17, 15) is 13.2 Å². The Hall–Kier alpha value is -2.12. The SMILES string of the molecule is CCCc1ccc(S(=O)(=O)NCCNC(=O)c2ccco2)cc1. The van der Waals surface area contributed by atoms with Gasteiger partial charge in [-0.05, 0) is 36.2 Å². The number of furan rings is 1. The highest BCUT2D eigenvalue weighted by Crippen LogP contribution is 2.11. The molecule has 1 amide bonds. The van der Waals surface area contributed by atoms with Gasteiger partial charge in [0.2, 0.25) is 10.0 Å². The molecule has 0 saturated heterocycles. The molecule has 0 unspecified atom stereocenters. The third-order valence-corrected chi connectivity index (χ3v) is 4.70. The zero-order chi connectivity index (χ0) is 16.7. The monoisotopic (exact) mass is 336 g/mol. The van der Waals surface area contributed by atoms with Crippen molar-refractivity contribution >= 4 is 15.9 Å². The summed E-state index contributed by atoms with van der Waals surface area (Å²) in [6, 6.07) is 9.97. The molecule has 2 N–H and O–H groups in total. The van der Waals surface area contributed by atoms with E-state index < -0.39 is 10.0 Å². The van der Waals surface area contributed by atoms with Crippen LogP contribution in [0.3, 0.4) is 0 Å². The molecule has 0 spiro atoms. The summed E-state index contributed by atoms with van der Waals surface area (Å²) in [4.78, 5) is 11.8. The van der Waals surface area contributed by atoms with Crippen LogP contribution >= 0.6 is 0 Å². The van der Waals surface area contributed by atoms with Gasteiger partial charge in [0.1, 0.15) is 0 Å². The van der Waals surface area contributed by atoms with Gasteiger partial charge in [-0.3, -0.25) is 4.79 Å². The van der Waals surface area contributed by atoms with Crippen molar-refractivity contribution in [1.29, 1.82) is 0 Å². The van der Waals surface area contributed by atoms with E-state index >= 15 is 0 Å². The minimum atomic E-state index is -3.57. The Bertz CT molecular complexity index is 722. The summed E-state index contributed by atoms with van der Waals surface area (Å²) in [5.74, 6) is -0.183. The molecule has 7 heteroatoms. The van der Waals surface area contributed by atoms with Crippen LogP contribution in [-0.4, -0.2) is 27.4 Å². The lowest BCUT2D eigenvalue weighted by molar-refractivity contribution is 0.0926. The minimum absolute atomic E-state index is 0.103. The van der Waals surface area contributed by atoms with Gasteiger partial charge in [0.25, 0.3) is 5.91 Å². The summed E-state index contributed by atoms with van der Waals surface area (Å²) in [5, 5.41) is 2.58. The van der Waals surface area contributed by atoms with Gasteiger partial charge in [-0.2, -0.15) is 0 Å². The largest absolute Gasteiger partial charge is 0.459 e. The maximum atomic E-state index is 12.1. The van der Waals surface area contributed by atoms with Crippen LogP contribution in [0.4, 0.5) is 0 Å². The van der Waals surface area contributed by atoms with Crippen molar-refractivity contribution in [2.45, 2.75) is 24.7 Å². The Labute approximate surface area is 135 Å². The highest BCUT2D eigenvalue weighted by Gasteiger charge is 2.13. The first-order valence-electron chi connectivity index (χ1n) is 7.43. The fourth-order valence-electron chi connectivity index (χ4n) is 2.06. The van der Waals surface area contributed by atoms with Gasteiger partial charge in [0.15, 0.2) is 5.76 Å². The summed E-state index contributed by atoms with van der Waals surface area (Å²) in [5.41, 5.74) is 1.11. The van der Waals surface area contributed by atoms with E-state index in [2.05, 4.69) is 17.0 Å². The molecule has 1 aromatic heterocycles. The molecule has 0 atom stereocenters. The predicted octanol–water partition coefficient (Wildman–Crippen LogP) is 1.94. The van der Waals surface area contributed by atoms with E-state index in [-0.39, 0.29) is 29.7 Å². The summed E-state index contributed by atoms with van der Waals surface area (Å²) in [6.07, 6.45) is 3.34. The van der Waals surface area contributed by atoms with Crippen LogP contribution in [0, 0.1) is 0 Å². The van der Waals surface area contributed by atoms with Gasteiger partial charge in [0, 0.05) is 13.1 Å². The van der Waals surface area contributed by atoms with Crippen molar-refractivity contribution in [2.24, 2.45) is 0 Å². The molecule has 0 saturated carbocycles. The molecule has 0 radical (unpaired) electrons. The second-order valence-electron chi connectivity index (χ2n) is 5.02. The first-order valence-corrected chi connectivity index (χ1v) is 8.91. The molecule has 2 rings (SSSR count). The van der Waals surface area contributed by atoms with Crippen LogP contribution in [0.1, 0.15) is 29.5 Å². The third-order valence-electron chi connectivity index (χ3n) is 3.22. The van der Waals surface area contributed by atoms with Gasteiger partial charge in [-0.1, -0.05) is 25.5 Å². The van der Waals surface area contributed by atoms with Crippen LogP contribution in [0.5, 0.6) is 0 Å². The van der Waals surface area contributed by atoms with Gasteiger partial charge in [-0.25, -0.2) is 13.1 Å². The summed E-state index contributed by atoms with van der Waals surface area (Å²) in [6.45, 7) is 2.35. The Balaban J connectivity index is 1.83. The normalized spacial score (nSPS) is 11.3. The average Bonchev–Trinajstić information content (AvgIpc) is 3.07. The van der Waals surface area contributed by atoms with E-state index in [0.717, 1.165) is 18.4 Å². The highest BCUT2D eigenvalue weighted by molar-refractivity contribution is 7.89. The topological polar surface area (TPSA) is 88.4 Å². The van der Waals surface area contributed by atoms with Gasteiger partial charge >= 0.3 is 0 Å². The molecule has 2 aromatic rings. The zero-order valence-electron chi connectivity index (χ0n) is 12.9. The fourth-order valence-corrected chi connectivity index (χ4v) is 3.10. The number of hydrogen-bond donors (Lipinski definition) is 2. The van der Waals surface area contributed by atoms with E-state index in [0.29, 0.717) is 0 Å². The highest BCUT2D eigenvalue weighted by atomic mass is 32.2. The van der Waals surface area contributed by atoms with Crippen molar-refractivity contribution in [3.63, 3.8) is 0 Å². The summed E-state index contributed by atoms with van der Waals surface area (Å²) in [7, 11) is -3.57. The van der Waals surface area contributed by atoms with Gasteiger partial charge in [-0.15, -0.1) is 0 Å². The predicted molar refractivity (Wildman–Crippen MR) is 86.7 cm³/mol.